The average molecular weight is 466 g/mol. The molecule has 2 amide bonds. The summed E-state index contributed by atoms with van der Waals surface area (Å²) in [6, 6.07) is 12.5. The van der Waals surface area contributed by atoms with E-state index in [1.54, 1.807) is 6.07 Å². The summed E-state index contributed by atoms with van der Waals surface area (Å²) >= 11 is 0. The number of benzene rings is 2. The zero-order chi connectivity index (χ0) is 24.1. The number of nitrogens with one attached hydrogen (secondary N) is 4. The maximum Gasteiger partial charge on any atom is 0.245 e. The predicted octanol–water partition coefficient (Wildman–Crippen LogP) is 2.51. The van der Waals surface area contributed by atoms with Crippen molar-refractivity contribution in [3.8, 4) is 0 Å². The van der Waals surface area contributed by atoms with Gasteiger partial charge in [-0.05, 0) is 73.8 Å². The van der Waals surface area contributed by atoms with E-state index in [1.165, 1.54) is 12.1 Å². The van der Waals surface area contributed by atoms with Crippen molar-refractivity contribution in [1.29, 1.82) is 0 Å². The van der Waals surface area contributed by atoms with Gasteiger partial charge in [0, 0.05) is 43.4 Å². The molecule has 1 aromatic heterocycles. The summed E-state index contributed by atoms with van der Waals surface area (Å²) in [4.78, 5) is 31.3. The Kier molecular flexibility index (Phi) is 7.17. The van der Waals surface area contributed by atoms with Gasteiger partial charge < -0.3 is 25.8 Å². The molecule has 1 aliphatic heterocycles. The third-order valence-corrected chi connectivity index (χ3v) is 6.50. The summed E-state index contributed by atoms with van der Waals surface area (Å²) in [5.74, 6) is -0.622. The van der Waals surface area contributed by atoms with Gasteiger partial charge in [-0.25, -0.2) is 4.39 Å². The van der Waals surface area contributed by atoms with Gasteiger partial charge in [-0.1, -0.05) is 12.1 Å². The van der Waals surface area contributed by atoms with Crippen molar-refractivity contribution in [2.75, 3.05) is 38.6 Å². The number of hydrogen-bond acceptors (Lipinski definition) is 4. The lowest BCUT2D eigenvalue weighted by atomic mass is 9.86. The molecule has 7 nitrogen and oxygen atoms in total. The van der Waals surface area contributed by atoms with Crippen LogP contribution in [0.5, 0.6) is 0 Å². The number of carbonyl (C=O) groups excluding carboxylic acids is 2. The summed E-state index contributed by atoms with van der Waals surface area (Å²) in [6.45, 7) is 1.72. The van der Waals surface area contributed by atoms with E-state index < -0.39 is 5.54 Å². The number of anilines is 1. The molecule has 180 valence electrons. The van der Waals surface area contributed by atoms with Gasteiger partial charge in [0.15, 0.2) is 0 Å². The number of fused-ring (bicyclic) bond motifs is 1. The molecular formula is C26H32FN5O2. The van der Waals surface area contributed by atoms with Crippen LogP contribution in [0.2, 0.25) is 0 Å². The maximum atomic E-state index is 13.6. The molecule has 1 aliphatic rings. The Hall–Kier alpha value is -3.39. The monoisotopic (exact) mass is 465 g/mol. The highest BCUT2D eigenvalue weighted by atomic mass is 19.1. The molecule has 0 radical (unpaired) electrons. The summed E-state index contributed by atoms with van der Waals surface area (Å²) in [5.41, 5.74) is 2.84. The Morgan fingerprint density at radius 1 is 1.09 bits per heavy atom. The number of H-pyrrole nitrogens is 1. The van der Waals surface area contributed by atoms with Gasteiger partial charge in [-0.15, -0.1) is 0 Å². The topological polar surface area (TPSA) is 89.3 Å². The summed E-state index contributed by atoms with van der Waals surface area (Å²) in [7, 11) is 3.94. The predicted molar refractivity (Wildman–Crippen MR) is 132 cm³/mol. The second-order valence-electron chi connectivity index (χ2n) is 9.13. The Bertz CT molecular complexity index is 1150. The van der Waals surface area contributed by atoms with Crippen LogP contribution in [-0.2, 0) is 22.4 Å². The van der Waals surface area contributed by atoms with Crippen LogP contribution < -0.4 is 20.9 Å². The van der Waals surface area contributed by atoms with E-state index in [1.807, 2.05) is 49.5 Å². The smallest absolute Gasteiger partial charge is 0.245 e. The summed E-state index contributed by atoms with van der Waals surface area (Å²) in [5, 5.41) is 10.1. The molecule has 1 fully saturated rings. The van der Waals surface area contributed by atoms with Crippen LogP contribution in [0.15, 0.2) is 48.7 Å². The first-order valence-corrected chi connectivity index (χ1v) is 11.7. The van der Waals surface area contributed by atoms with Crippen molar-refractivity contribution in [3.05, 3.63) is 65.6 Å². The fourth-order valence-corrected chi connectivity index (χ4v) is 4.51. The molecule has 0 saturated carbocycles. The molecular weight excluding hydrogens is 433 g/mol. The van der Waals surface area contributed by atoms with E-state index in [2.05, 4.69) is 20.9 Å². The molecule has 8 heteroatoms. The fourth-order valence-electron chi connectivity index (χ4n) is 4.51. The normalized spacial score (nSPS) is 15.1. The Morgan fingerprint density at radius 3 is 2.53 bits per heavy atom. The third-order valence-electron chi connectivity index (χ3n) is 6.50. The Morgan fingerprint density at radius 2 is 1.82 bits per heavy atom. The molecule has 2 heterocycles. The second-order valence-corrected chi connectivity index (χ2v) is 9.13. The molecule has 4 rings (SSSR count). The standard InChI is InChI=1S/C26H32FN5O2/c1-32(2)21-6-3-18(4-7-21)15-24(33)31-26(10-13-28-14-11-26)25(34)29-12-9-19-17-30-23-8-5-20(27)16-22(19)23/h3-8,16-17,28,30H,9-15H2,1-2H3,(H,29,34)(H,31,33). The van der Waals surface area contributed by atoms with Crippen LogP contribution in [0.3, 0.4) is 0 Å². The van der Waals surface area contributed by atoms with Crippen LogP contribution in [0.25, 0.3) is 10.9 Å². The number of piperidine rings is 1. The number of aromatic nitrogens is 1. The third kappa shape index (κ3) is 5.39. The first-order chi connectivity index (χ1) is 16.4. The maximum absolute atomic E-state index is 13.6. The molecule has 0 aliphatic carbocycles. The second kappa shape index (κ2) is 10.3. The van der Waals surface area contributed by atoms with E-state index in [-0.39, 0.29) is 24.1 Å². The minimum atomic E-state index is -0.932. The van der Waals surface area contributed by atoms with Crippen LogP contribution in [0.4, 0.5) is 10.1 Å². The van der Waals surface area contributed by atoms with Gasteiger partial charge in [-0.3, -0.25) is 9.59 Å². The molecule has 0 spiro atoms. The zero-order valence-electron chi connectivity index (χ0n) is 19.7. The summed E-state index contributed by atoms with van der Waals surface area (Å²) in [6.07, 6.45) is 3.69. The molecule has 3 aromatic rings. The van der Waals surface area contributed by atoms with Gasteiger partial charge in [0.25, 0.3) is 0 Å². The number of halogens is 1. The van der Waals surface area contributed by atoms with Gasteiger partial charge in [0.1, 0.15) is 11.4 Å². The van der Waals surface area contributed by atoms with Gasteiger partial charge in [0.2, 0.25) is 11.8 Å². The van der Waals surface area contributed by atoms with Crippen molar-refractivity contribution < 1.29 is 14.0 Å². The van der Waals surface area contributed by atoms with E-state index in [0.29, 0.717) is 38.9 Å². The minimum absolute atomic E-state index is 0.165. The molecule has 2 aromatic carbocycles. The average Bonchev–Trinajstić information content (AvgIpc) is 3.21. The molecule has 34 heavy (non-hydrogen) atoms. The highest BCUT2D eigenvalue weighted by molar-refractivity contribution is 5.92. The first kappa shape index (κ1) is 23.8. The number of hydrogen-bond donors (Lipinski definition) is 4. The SMILES string of the molecule is CN(C)c1ccc(CC(=O)NC2(C(=O)NCCc3c[nH]c4ccc(F)cc34)CCNCC2)cc1. The first-order valence-electron chi connectivity index (χ1n) is 11.7. The van der Waals surface area contributed by atoms with Crippen molar-refractivity contribution in [2.24, 2.45) is 0 Å². The number of aromatic amines is 1. The highest BCUT2D eigenvalue weighted by Crippen LogP contribution is 2.22. The van der Waals surface area contributed by atoms with Crippen LogP contribution in [0.1, 0.15) is 24.0 Å². The lowest BCUT2D eigenvalue weighted by Crippen LogP contribution is -2.63. The number of amides is 2. The summed E-state index contributed by atoms with van der Waals surface area (Å²) < 4.78 is 13.6. The molecule has 0 bridgehead atoms. The number of nitrogens with zero attached hydrogens (tertiary/aromatic N) is 1. The van der Waals surface area contributed by atoms with E-state index in [0.717, 1.165) is 27.7 Å². The zero-order valence-corrected chi connectivity index (χ0v) is 19.7. The van der Waals surface area contributed by atoms with Crippen LogP contribution >= 0.6 is 0 Å². The molecule has 1 saturated heterocycles. The Balaban J connectivity index is 1.38. The molecule has 0 unspecified atom stereocenters. The number of carbonyl (C=O) groups is 2. The van der Waals surface area contributed by atoms with Crippen molar-refractivity contribution in [1.82, 2.24) is 20.9 Å². The van der Waals surface area contributed by atoms with Crippen LogP contribution in [0, 0.1) is 5.82 Å². The minimum Gasteiger partial charge on any atom is -0.378 e. The van der Waals surface area contributed by atoms with Gasteiger partial charge in [0.05, 0.1) is 6.42 Å². The largest absolute Gasteiger partial charge is 0.378 e. The van der Waals surface area contributed by atoms with Crippen molar-refractivity contribution >= 4 is 28.4 Å². The lowest BCUT2D eigenvalue weighted by molar-refractivity contribution is -0.134. The van der Waals surface area contributed by atoms with Crippen molar-refractivity contribution in [2.45, 2.75) is 31.2 Å². The van der Waals surface area contributed by atoms with E-state index in [9.17, 15) is 14.0 Å². The number of rotatable bonds is 8. The van der Waals surface area contributed by atoms with Crippen molar-refractivity contribution in [3.63, 3.8) is 0 Å². The highest BCUT2D eigenvalue weighted by Gasteiger charge is 2.40. The molecule has 4 N–H and O–H groups in total. The van der Waals surface area contributed by atoms with Gasteiger partial charge in [-0.2, -0.15) is 0 Å². The quantitative estimate of drug-likeness (QED) is 0.412. The van der Waals surface area contributed by atoms with Gasteiger partial charge >= 0.3 is 0 Å². The molecule has 0 atom stereocenters. The van der Waals surface area contributed by atoms with E-state index in [4.69, 9.17) is 0 Å². The van der Waals surface area contributed by atoms with Crippen LogP contribution in [-0.4, -0.2) is 56.1 Å². The van der Waals surface area contributed by atoms with E-state index >= 15 is 0 Å². The Labute approximate surface area is 199 Å². The lowest BCUT2D eigenvalue weighted by Gasteiger charge is -2.37. The fraction of sp³-hybridized carbons (Fsp3) is 0.385.